The molecule has 9 rings (SSSR count). The normalized spacial score (nSPS) is 18.1. The molecule has 0 radical (unpaired) electrons. The van der Waals surface area contributed by atoms with E-state index in [0.29, 0.717) is 23.6 Å². The number of hydrogen-bond acceptors (Lipinski definition) is 10. The molecule has 4 heterocycles. The van der Waals surface area contributed by atoms with Crippen LogP contribution in [0, 0.1) is 0 Å². The Morgan fingerprint density at radius 3 is 1.76 bits per heavy atom. The van der Waals surface area contributed by atoms with Crippen LogP contribution in [0.25, 0.3) is 22.3 Å². The molecule has 5 aromatic carbocycles. The monoisotopic (exact) mass is 910 g/mol. The highest BCUT2D eigenvalue weighted by molar-refractivity contribution is 5.96. The molecule has 2 aliphatic rings. The molecule has 6 N–H and O–H groups in total. The van der Waals surface area contributed by atoms with Gasteiger partial charge >= 0.3 is 0 Å². The lowest BCUT2D eigenvalue weighted by atomic mass is 9.98. The number of H-pyrrole nitrogens is 1. The van der Waals surface area contributed by atoms with Crippen molar-refractivity contribution in [1.29, 1.82) is 0 Å². The van der Waals surface area contributed by atoms with Crippen LogP contribution in [0.4, 0.5) is 0 Å². The van der Waals surface area contributed by atoms with Crippen LogP contribution in [0.1, 0.15) is 34.5 Å². The van der Waals surface area contributed by atoms with Crippen LogP contribution >= 0.6 is 0 Å². The maximum atomic E-state index is 14.8. The number of aromatic amines is 1. The fourth-order valence-electron chi connectivity index (χ4n) is 7.87. The van der Waals surface area contributed by atoms with E-state index in [1.165, 1.54) is 0 Å². The molecule has 0 spiro atoms. The van der Waals surface area contributed by atoms with E-state index in [9.17, 15) is 24.0 Å². The molecule has 4 atom stereocenters. The molecule has 2 aliphatic heterocycles. The van der Waals surface area contributed by atoms with Gasteiger partial charge in [-0.1, -0.05) is 121 Å². The predicted octanol–water partition coefficient (Wildman–Crippen LogP) is 4.24. The van der Waals surface area contributed by atoms with E-state index in [1.54, 1.807) is 36.7 Å². The van der Waals surface area contributed by atoms with Crippen molar-refractivity contribution in [3.8, 4) is 28.0 Å². The summed E-state index contributed by atoms with van der Waals surface area (Å²) in [6.45, 7) is -0.449. The van der Waals surface area contributed by atoms with Gasteiger partial charge in [0.15, 0.2) is 12.4 Å². The quantitative estimate of drug-likeness (QED) is 0.0958. The van der Waals surface area contributed by atoms with Crippen LogP contribution in [-0.2, 0) is 56.2 Å². The highest BCUT2D eigenvalue weighted by Gasteiger charge is 2.32. The molecule has 0 saturated carbocycles. The topological polar surface area (TPSA) is 222 Å². The summed E-state index contributed by atoms with van der Waals surface area (Å²) in [5.41, 5.74) is 6.98. The van der Waals surface area contributed by atoms with Gasteiger partial charge in [-0.15, -0.1) is 5.10 Å². The lowest BCUT2D eigenvalue weighted by Gasteiger charge is -2.27. The van der Waals surface area contributed by atoms with Crippen molar-refractivity contribution in [2.24, 2.45) is 0 Å². The molecule has 0 unspecified atom stereocenters. The maximum absolute atomic E-state index is 14.8. The molecule has 16 heteroatoms. The fourth-order valence-corrected chi connectivity index (χ4v) is 7.87. The highest BCUT2D eigenvalue weighted by atomic mass is 16.5. The number of aromatic nitrogens is 5. The lowest BCUT2D eigenvalue weighted by molar-refractivity contribution is -0.134. The Labute approximate surface area is 392 Å². The van der Waals surface area contributed by atoms with Crippen molar-refractivity contribution in [2.75, 3.05) is 6.61 Å². The van der Waals surface area contributed by atoms with E-state index in [0.717, 1.165) is 38.9 Å². The van der Waals surface area contributed by atoms with Gasteiger partial charge in [-0.3, -0.25) is 29.0 Å². The van der Waals surface area contributed by atoms with E-state index in [1.807, 2.05) is 121 Å². The molecular weight excluding hydrogens is 861 g/mol. The van der Waals surface area contributed by atoms with Crippen LogP contribution in [0.5, 0.6) is 5.75 Å². The predicted molar refractivity (Wildman–Crippen MR) is 253 cm³/mol. The Bertz CT molecular complexity index is 2760. The van der Waals surface area contributed by atoms with Gasteiger partial charge in [-0.05, 0) is 92.0 Å². The van der Waals surface area contributed by atoms with Gasteiger partial charge in [-0.25, -0.2) is 5.10 Å². The number of rotatable bonds is 12. The zero-order valence-electron chi connectivity index (χ0n) is 37.0. The number of nitrogens with one attached hydrogen (secondary N) is 6. The van der Waals surface area contributed by atoms with Crippen LogP contribution in [-0.4, -0.2) is 85.9 Å². The Morgan fingerprint density at radius 1 is 0.588 bits per heavy atom. The molecule has 5 amide bonds. The summed E-state index contributed by atoms with van der Waals surface area (Å²) < 4.78 is 5.86. The molecule has 7 aromatic rings. The minimum Gasteiger partial charge on any atom is -0.484 e. The first-order chi connectivity index (χ1) is 33.2. The number of amides is 5. The molecule has 0 aliphatic carbocycles. The molecule has 16 nitrogen and oxygen atoms in total. The average Bonchev–Trinajstić information content (AvgIpc) is 3.91. The third-order valence-corrected chi connectivity index (χ3v) is 11.6. The molecule has 68 heavy (non-hydrogen) atoms. The van der Waals surface area contributed by atoms with Gasteiger partial charge < -0.3 is 31.3 Å². The number of nitrogens with zero attached hydrogens (tertiary/aromatic N) is 4. The number of carbonyl (C=O) groups is 5. The summed E-state index contributed by atoms with van der Waals surface area (Å²) in [6, 6.07) is 40.6. The van der Waals surface area contributed by atoms with Gasteiger partial charge in [0.2, 0.25) is 23.6 Å². The van der Waals surface area contributed by atoms with Gasteiger partial charge in [0, 0.05) is 31.7 Å². The first kappa shape index (κ1) is 46.0. The highest BCUT2D eigenvalue weighted by Crippen LogP contribution is 2.22. The number of pyridine rings is 1. The third kappa shape index (κ3) is 12.8. The van der Waals surface area contributed by atoms with Crippen molar-refractivity contribution < 1.29 is 28.7 Å². The van der Waals surface area contributed by atoms with Gasteiger partial charge in [0.05, 0.1) is 6.54 Å². The van der Waals surface area contributed by atoms with Crippen LogP contribution in [0.3, 0.4) is 0 Å². The van der Waals surface area contributed by atoms with Crippen molar-refractivity contribution in [1.82, 2.24) is 52.2 Å². The Hall–Kier alpha value is -8.53. The molecular formula is C52H50N10O6. The SMILES string of the molecule is O=C1COc2ccc(cc2)C[C@@H](C(=O)NCc2nnn[nH]2)NC(=O)[C@H](CCc2ccccc2)NC(=O)[C@@H](Cc2ccc(-c3ccccc3)cc2)NC(=O)[C@H](Cc2ccc(-c3ccncc3)cc2)N1. The Kier molecular flexibility index (Phi) is 15.3. The van der Waals surface area contributed by atoms with Crippen LogP contribution in [0.2, 0.25) is 0 Å². The Morgan fingerprint density at radius 2 is 1.15 bits per heavy atom. The van der Waals surface area contributed by atoms with Crippen molar-refractivity contribution in [3.63, 3.8) is 0 Å². The van der Waals surface area contributed by atoms with Gasteiger partial charge in [0.1, 0.15) is 29.9 Å². The summed E-state index contributed by atoms with van der Waals surface area (Å²) >= 11 is 0. The molecule has 0 saturated heterocycles. The molecule has 0 fully saturated rings. The second-order valence-corrected chi connectivity index (χ2v) is 16.4. The second-order valence-electron chi connectivity index (χ2n) is 16.4. The summed E-state index contributed by atoms with van der Waals surface area (Å²) in [7, 11) is 0. The van der Waals surface area contributed by atoms with Gasteiger partial charge in [-0.2, -0.15) is 0 Å². The van der Waals surface area contributed by atoms with Gasteiger partial charge in [0.25, 0.3) is 5.91 Å². The minimum atomic E-state index is -1.21. The zero-order valence-corrected chi connectivity index (χ0v) is 37.0. The third-order valence-electron chi connectivity index (χ3n) is 11.6. The first-order valence-electron chi connectivity index (χ1n) is 22.3. The van der Waals surface area contributed by atoms with E-state index in [-0.39, 0.29) is 32.2 Å². The zero-order chi connectivity index (χ0) is 47.1. The Balaban J connectivity index is 1.11. The maximum Gasteiger partial charge on any atom is 0.258 e. The average molecular weight is 911 g/mol. The van der Waals surface area contributed by atoms with Crippen LogP contribution in [0.15, 0.2) is 158 Å². The summed E-state index contributed by atoms with van der Waals surface area (Å²) in [5, 5.41) is 28.0. The molecule has 2 aromatic heterocycles. The number of benzene rings is 5. The lowest BCUT2D eigenvalue weighted by Crippen LogP contribution is -2.59. The van der Waals surface area contributed by atoms with E-state index >= 15 is 0 Å². The summed E-state index contributed by atoms with van der Waals surface area (Å²) in [5.74, 6) is -2.27. The minimum absolute atomic E-state index is 0.0349. The van der Waals surface area contributed by atoms with Crippen LogP contribution < -0.4 is 31.3 Å². The van der Waals surface area contributed by atoms with Crippen molar-refractivity contribution >= 4 is 29.5 Å². The summed E-state index contributed by atoms with van der Waals surface area (Å²) in [4.78, 5) is 75.5. The first-order valence-corrected chi connectivity index (χ1v) is 22.3. The van der Waals surface area contributed by atoms with E-state index < -0.39 is 60.3 Å². The number of fused-ring (bicyclic) bond motifs is 16. The number of carbonyl (C=O) groups excluding carboxylic acids is 5. The number of hydrogen-bond donors (Lipinski definition) is 6. The largest absolute Gasteiger partial charge is 0.484 e. The fraction of sp³-hybridized carbons (Fsp3) is 0.212. The summed E-state index contributed by atoms with van der Waals surface area (Å²) in [6.07, 6.45) is 4.18. The number of tetrazole rings is 1. The van der Waals surface area contributed by atoms with Crippen molar-refractivity contribution in [2.45, 2.75) is 62.8 Å². The van der Waals surface area contributed by atoms with E-state index in [2.05, 4.69) is 52.2 Å². The molecule has 344 valence electrons. The smallest absolute Gasteiger partial charge is 0.258 e. The number of ether oxygens (including phenoxy) is 1. The number of aryl methyl sites for hydroxylation is 1. The van der Waals surface area contributed by atoms with Crippen molar-refractivity contribution in [3.05, 3.63) is 186 Å². The molecule has 2 bridgehead atoms. The standard InChI is InChI=1S/C52H50N10O6/c63-48-33-68-42-22-15-37(16-23-42)29-44(49(64)54-32-47-59-61-62-60-47)57-50(65)43(24-17-34-7-3-1-4-8-34)56-52(67)46(31-36-11-18-39(19-12-36)38-9-5-2-6-10-38)58-51(66)45(55-48)30-35-13-20-40(21-14-35)41-25-27-53-28-26-41/h1-16,18-23,25-28,43-46H,17,24,29-33H2,(H,54,64)(H,55,63)(H,56,67)(H,57,65)(H,58,66)(H,59,60,61,62)/t43-,44-,45-,46+/m0/s1. The second kappa shape index (κ2) is 22.6. The van der Waals surface area contributed by atoms with E-state index in [4.69, 9.17) is 4.74 Å².